The van der Waals surface area contributed by atoms with Crippen LogP contribution >= 0.6 is 0 Å². The molecule has 0 radical (unpaired) electrons. The number of rotatable bonds is 4. The number of aryl methyl sites for hydroxylation is 1. The van der Waals surface area contributed by atoms with Crippen LogP contribution in [0.4, 0.5) is 17.2 Å². The van der Waals surface area contributed by atoms with Crippen molar-refractivity contribution in [3.05, 3.63) is 47.7 Å². The van der Waals surface area contributed by atoms with Gasteiger partial charge in [-0.15, -0.1) is 0 Å². The lowest BCUT2D eigenvalue weighted by Crippen LogP contribution is -2.14. The number of nitrogens with zero attached hydrogens (tertiary/aromatic N) is 2. The van der Waals surface area contributed by atoms with Crippen molar-refractivity contribution in [2.45, 2.75) is 6.92 Å². The summed E-state index contributed by atoms with van der Waals surface area (Å²) in [6.07, 6.45) is 1.61. The van der Waals surface area contributed by atoms with E-state index >= 15 is 0 Å². The van der Waals surface area contributed by atoms with Crippen LogP contribution in [0.1, 0.15) is 15.9 Å². The molecule has 1 aromatic heterocycles. The molecule has 0 unspecified atom stereocenters. The summed E-state index contributed by atoms with van der Waals surface area (Å²) in [4.78, 5) is 18.4. The maximum atomic E-state index is 12.3. The van der Waals surface area contributed by atoms with E-state index in [1.807, 2.05) is 44.1 Å². The maximum absolute atomic E-state index is 12.3. The average Bonchev–Trinajstić information content (AvgIpc) is 2.49. The molecule has 2 aromatic rings. The predicted octanol–water partition coefficient (Wildman–Crippen LogP) is 2.75. The number of pyridine rings is 1. The van der Waals surface area contributed by atoms with Gasteiger partial charge in [-0.1, -0.05) is 6.07 Å². The summed E-state index contributed by atoms with van der Waals surface area (Å²) in [6, 6.07) is 9.28. The maximum Gasteiger partial charge on any atom is 0.255 e. The van der Waals surface area contributed by atoms with Crippen LogP contribution in [0.15, 0.2) is 36.5 Å². The molecule has 5 heteroatoms. The van der Waals surface area contributed by atoms with Crippen molar-refractivity contribution in [3.63, 3.8) is 0 Å². The first-order chi connectivity index (χ1) is 10.0. The van der Waals surface area contributed by atoms with Crippen LogP contribution in [0.25, 0.3) is 0 Å². The lowest BCUT2D eigenvalue weighted by Gasteiger charge is -2.17. The summed E-state index contributed by atoms with van der Waals surface area (Å²) in [5, 5.41) is 5.83. The van der Waals surface area contributed by atoms with Crippen LogP contribution in [-0.2, 0) is 0 Å². The lowest BCUT2D eigenvalue weighted by atomic mass is 10.1. The van der Waals surface area contributed by atoms with Gasteiger partial charge in [0.05, 0.1) is 0 Å². The minimum Gasteiger partial charge on any atom is -0.377 e. The van der Waals surface area contributed by atoms with Gasteiger partial charge in [0, 0.05) is 44.3 Å². The fourth-order valence-electron chi connectivity index (χ4n) is 2.08. The van der Waals surface area contributed by atoms with Gasteiger partial charge < -0.3 is 15.5 Å². The number of nitrogens with one attached hydrogen (secondary N) is 2. The first-order valence-electron chi connectivity index (χ1n) is 6.74. The quantitative estimate of drug-likeness (QED) is 0.906. The first kappa shape index (κ1) is 14.8. The Kier molecular flexibility index (Phi) is 4.42. The molecule has 21 heavy (non-hydrogen) atoms. The van der Waals surface area contributed by atoms with Crippen LogP contribution in [0.2, 0.25) is 0 Å². The van der Waals surface area contributed by atoms with E-state index in [9.17, 15) is 4.79 Å². The highest BCUT2D eigenvalue weighted by atomic mass is 16.1. The highest BCUT2D eigenvalue weighted by Crippen LogP contribution is 2.23. The summed E-state index contributed by atoms with van der Waals surface area (Å²) in [5.74, 6) is 0.517. The van der Waals surface area contributed by atoms with Gasteiger partial charge in [0.2, 0.25) is 0 Å². The number of carbonyl (C=O) groups excluding carboxylic acids is 1. The van der Waals surface area contributed by atoms with Crippen LogP contribution < -0.4 is 15.5 Å². The second-order valence-corrected chi connectivity index (χ2v) is 5.03. The second kappa shape index (κ2) is 6.26. The third kappa shape index (κ3) is 3.51. The Hall–Kier alpha value is -2.56. The molecule has 1 aromatic carbocycles. The summed E-state index contributed by atoms with van der Waals surface area (Å²) < 4.78 is 0. The molecule has 0 aliphatic heterocycles. The summed E-state index contributed by atoms with van der Waals surface area (Å²) >= 11 is 0. The summed E-state index contributed by atoms with van der Waals surface area (Å²) in [6.45, 7) is 2.04. The Bertz CT molecular complexity index is 652. The van der Waals surface area contributed by atoms with E-state index in [1.165, 1.54) is 5.56 Å². The van der Waals surface area contributed by atoms with E-state index in [0.717, 1.165) is 11.4 Å². The molecule has 0 saturated heterocycles. The zero-order valence-electron chi connectivity index (χ0n) is 12.8. The van der Waals surface area contributed by atoms with Crippen molar-refractivity contribution in [3.8, 4) is 0 Å². The van der Waals surface area contributed by atoms with E-state index in [4.69, 9.17) is 0 Å². The van der Waals surface area contributed by atoms with E-state index in [2.05, 4.69) is 15.6 Å². The normalized spacial score (nSPS) is 10.1. The van der Waals surface area contributed by atoms with Gasteiger partial charge in [-0.2, -0.15) is 0 Å². The predicted molar refractivity (Wildman–Crippen MR) is 87.2 cm³/mol. The van der Waals surface area contributed by atoms with Gasteiger partial charge in [0.15, 0.2) is 0 Å². The molecule has 110 valence electrons. The summed E-state index contributed by atoms with van der Waals surface area (Å²) in [7, 11) is 5.74. The van der Waals surface area contributed by atoms with Gasteiger partial charge in [0.25, 0.3) is 5.91 Å². The fourth-order valence-corrected chi connectivity index (χ4v) is 2.08. The zero-order chi connectivity index (χ0) is 15.4. The molecular formula is C16H20N4O. The van der Waals surface area contributed by atoms with E-state index < -0.39 is 0 Å². The number of aromatic nitrogens is 1. The Balaban J connectivity index is 2.21. The average molecular weight is 284 g/mol. The molecule has 0 aliphatic carbocycles. The molecule has 5 nitrogen and oxygen atoms in total. The topological polar surface area (TPSA) is 57.3 Å². The number of carbonyl (C=O) groups is 1. The first-order valence-corrected chi connectivity index (χ1v) is 6.74. The Morgan fingerprint density at radius 1 is 1.19 bits per heavy atom. The number of anilines is 3. The number of amides is 1. The van der Waals surface area contributed by atoms with Crippen molar-refractivity contribution in [1.29, 1.82) is 0 Å². The largest absolute Gasteiger partial charge is 0.377 e. The minimum atomic E-state index is -0.151. The smallest absolute Gasteiger partial charge is 0.255 e. The van der Waals surface area contributed by atoms with Crippen LogP contribution in [0, 0.1) is 6.92 Å². The second-order valence-electron chi connectivity index (χ2n) is 5.03. The van der Waals surface area contributed by atoms with Crippen LogP contribution in [0.5, 0.6) is 0 Å². The van der Waals surface area contributed by atoms with Crippen molar-refractivity contribution in [2.24, 2.45) is 0 Å². The van der Waals surface area contributed by atoms with E-state index in [-0.39, 0.29) is 5.91 Å². The SMILES string of the molecule is CNc1cc(C(=O)Nc2ccc(C)c(N(C)C)c2)ccn1. The standard InChI is InChI=1S/C16H20N4O/c1-11-5-6-13(10-14(11)20(3)4)19-16(21)12-7-8-18-15(9-12)17-2/h5-10H,1-4H3,(H,17,18)(H,19,21). The molecule has 0 saturated carbocycles. The van der Waals surface area contributed by atoms with E-state index in [1.54, 1.807) is 25.4 Å². The highest BCUT2D eigenvalue weighted by molar-refractivity contribution is 6.04. The Labute approximate surface area is 125 Å². The van der Waals surface area contributed by atoms with E-state index in [0.29, 0.717) is 11.4 Å². The van der Waals surface area contributed by atoms with Gasteiger partial charge in [-0.3, -0.25) is 4.79 Å². The van der Waals surface area contributed by atoms with Crippen LogP contribution in [-0.4, -0.2) is 32.0 Å². The Morgan fingerprint density at radius 3 is 2.62 bits per heavy atom. The van der Waals surface area contributed by atoms with Gasteiger partial charge >= 0.3 is 0 Å². The monoisotopic (exact) mass is 284 g/mol. The van der Waals surface area contributed by atoms with Gasteiger partial charge in [-0.25, -0.2) is 4.98 Å². The molecule has 1 amide bonds. The molecular weight excluding hydrogens is 264 g/mol. The molecule has 2 rings (SSSR count). The Morgan fingerprint density at radius 2 is 1.95 bits per heavy atom. The van der Waals surface area contributed by atoms with Crippen molar-refractivity contribution in [1.82, 2.24) is 4.98 Å². The third-order valence-corrected chi connectivity index (χ3v) is 3.23. The molecule has 0 fully saturated rings. The molecule has 0 spiro atoms. The van der Waals surface area contributed by atoms with Crippen molar-refractivity contribution in [2.75, 3.05) is 36.7 Å². The molecule has 0 bridgehead atoms. The molecule has 0 atom stereocenters. The summed E-state index contributed by atoms with van der Waals surface area (Å²) in [5.41, 5.74) is 3.59. The molecule has 1 heterocycles. The van der Waals surface area contributed by atoms with Crippen LogP contribution in [0.3, 0.4) is 0 Å². The zero-order valence-corrected chi connectivity index (χ0v) is 12.8. The van der Waals surface area contributed by atoms with Gasteiger partial charge in [-0.05, 0) is 36.8 Å². The van der Waals surface area contributed by atoms with Crippen molar-refractivity contribution >= 4 is 23.1 Å². The number of hydrogen-bond acceptors (Lipinski definition) is 4. The fraction of sp³-hybridized carbons (Fsp3) is 0.250. The van der Waals surface area contributed by atoms with Crippen molar-refractivity contribution < 1.29 is 4.79 Å². The molecule has 0 aliphatic rings. The molecule has 2 N–H and O–H groups in total. The van der Waals surface area contributed by atoms with Gasteiger partial charge in [0.1, 0.15) is 5.82 Å². The lowest BCUT2D eigenvalue weighted by molar-refractivity contribution is 0.102. The number of hydrogen-bond donors (Lipinski definition) is 2. The third-order valence-electron chi connectivity index (χ3n) is 3.23. The highest BCUT2D eigenvalue weighted by Gasteiger charge is 2.09. The number of benzene rings is 1. The minimum absolute atomic E-state index is 0.151.